The molecule has 0 bridgehead atoms. The van der Waals surface area contributed by atoms with E-state index < -0.39 is 14.9 Å². The summed E-state index contributed by atoms with van der Waals surface area (Å²) >= 11 is 0. The molecule has 0 aliphatic carbocycles. The number of benzene rings is 1. The molecule has 7 heteroatoms. The molecule has 0 aromatic heterocycles. The summed E-state index contributed by atoms with van der Waals surface area (Å²) in [5.41, 5.74) is 0.698. The van der Waals surface area contributed by atoms with Gasteiger partial charge in [0.05, 0.1) is 11.2 Å². The quantitative estimate of drug-likeness (QED) is 0.625. The van der Waals surface area contributed by atoms with Crippen LogP contribution in [0.3, 0.4) is 0 Å². The summed E-state index contributed by atoms with van der Waals surface area (Å²) < 4.78 is 24.0. The molecule has 1 aromatic carbocycles. The van der Waals surface area contributed by atoms with Crippen molar-refractivity contribution >= 4 is 21.4 Å². The van der Waals surface area contributed by atoms with E-state index in [4.69, 9.17) is 0 Å². The molecule has 1 rings (SSSR count). The van der Waals surface area contributed by atoms with E-state index in [0.717, 1.165) is 6.26 Å². The van der Waals surface area contributed by atoms with Crippen molar-refractivity contribution in [1.82, 2.24) is 0 Å². The van der Waals surface area contributed by atoms with Crippen molar-refractivity contribution in [3.05, 3.63) is 33.9 Å². The molecule has 1 aromatic rings. The summed E-state index contributed by atoms with van der Waals surface area (Å²) in [6.45, 7) is 1.55. The Kier molecular flexibility index (Phi) is 2.94. The van der Waals surface area contributed by atoms with Crippen LogP contribution < -0.4 is 4.72 Å². The average Bonchev–Trinajstić information content (AvgIpc) is 1.99. The van der Waals surface area contributed by atoms with Crippen molar-refractivity contribution in [1.29, 1.82) is 0 Å². The monoisotopic (exact) mass is 230 g/mol. The Balaban J connectivity index is 3.07. The van der Waals surface area contributed by atoms with Crippen LogP contribution in [0.5, 0.6) is 0 Å². The standard InChI is InChI=1S/C8H10N2O4S/c1-6-5-7(9-15(2,13)14)3-4-8(6)10(11)12/h3-5,9H,1-2H3. The molecule has 0 heterocycles. The zero-order valence-electron chi connectivity index (χ0n) is 8.22. The largest absolute Gasteiger partial charge is 0.284 e. The molecular weight excluding hydrogens is 220 g/mol. The Hall–Kier alpha value is -1.63. The van der Waals surface area contributed by atoms with E-state index in [1.807, 2.05) is 0 Å². The number of rotatable bonds is 3. The van der Waals surface area contributed by atoms with Crippen molar-refractivity contribution in [2.75, 3.05) is 11.0 Å². The first-order valence-electron chi connectivity index (χ1n) is 4.02. The number of nitro groups is 1. The number of hydrogen-bond donors (Lipinski definition) is 1. The summed E-state index contributed by atoms with van der Waals surface area (Å²) in [4.78, 5) is 9.97. The van der Waals surface area contributed by atoms with Gasteiger partial charge < -0.3 is 0 Å². The van der Waals surface area contributed by atoms with Crippen LogP contribution in [0.2, 0.25) is 0 Å². The third kappa shape index (κ3) is 3.21. The third-order valence-electron chi connectivity index (χ3n) is 1.70. The van der Waals surface area contributed by atoms with Gasteiger partial charge in [0.2, 0.25) is 10.0 Å². The van der Waals surface area contributed by atoms with Crippen LogP contribution in [0.25, 0.3) is 0 Å². The van der Waals surface area contributed by atoms with Gasteiger partial charge in [0.25, 0.3) is 5.69 Å². The first kappa shape index (κ1) is 11.4. The molecule has 15 heavy (non-hydrogen) atoms. The van der Waals surface area contributed by atoms with Gasteiger partial charge in [-0.2, -0.15) is 0 Å². The third-order valence-corrected chi connectivity index (χ3v) is 2.30. The maximum absolute atomic E-state index is 10.9. The molecule has 0 saturated carbocycles. The zero-order chi connectivity index (χ0) is 11.6. The van der Waals surface area contributed by atoms with Crippen molar-refractivity contribution in [3.8, 4) is 0 Å². The number of nitrogens with one attached hydrogen (secondary N) is 1. The van der Waals surface area contributed by atoms with Gasteiger partial charge in [-0.3, -0.25) is 14.8 Å². The van der Waals surface area contributed by atoms with Crippen LogP contribution in [-0.2, 0) is 10.0 Å². The maximum Gasteiger partial charge on any atom is 0.272 e. The number of nitrogens with zero attached hydrogens (tertiary/aromatic N) is 1. The molecule has 0 aliphatic heterocycles. The molecule has 0 saturated heterocycles. The van der Waals surface area contributed by atoms with Crippen molar-refractivity contribution < 1.29 is 13.3 Å². The lowest BCUT2D eigenvalue weighted by molar-refractivity contribution is -0.385. The van der Waals surface area contributed by atoms with Gasteiger partial charge in [0.1, 0.15) is 0 Å². The molecule has 0 spiro atoms. The predicted octanol–water partition coefficient (Wildman–Crippen LogP) is 1.27. The molecular formula is C8H10N2O4S. The fraction of sp³-hybridized carbons (Fsp3) is 0.250. The van der Waals surface area contributed by atoms with Gasteiger partial charge in [0.15, 0.2) is 0 Å². The summed E-state index contributed by atoms with van der Waals surface area (Å²) in [5, 5.41) is 10.5. The normalized spacial score (nSPS) is 11.1. The maximum atomic E-state index is 10.9. The minimum absolute atomic E-state index is 0.0333. The minimum atomic E-state index is -3.35. The summed E-state index contributed by atoms with van der Waals surface area (Å²) in [7, 11) is -3.35. The van der Waals surface area contributed by atoms with E-state index in [9.17, 15) is 18.5 Å². The van der Waals surface area contributed by atoms with Crippen LogP contribution in [0.4, 0.5) is 11.4 Å². The van der Waals surface area contributed by atoms with E-state index in [1.54, 1.807) is 6.92 Å². The lowest BCUT2D eigenvalue weighted by atomic mass is 10.2. The van der Waals surface area contributed by atoms with E-state index in [0.29, 0.717) is 11.3 Å². The van der Waals surface area contributed by atoms with Gasteiger partial charge in [-0.15, -0.1) is 0 Å². The molecule has 0 amide bonds. The summed E-state index contributed by atoms with van der Waals surface area (Å²) in [6, 6.07) is 4.04. The molecule has 6 nitrogen and oxygen atoms in total. The van der Waals surface area contributed by atoms with Gasteiger partial charge in [0, 0.05) is 17.3 Å². The lowest BCUT2D eigenvalue weighted by Crippen LogP contribution is -2.09. The van der Waals surface area contributed by atoms with Gasteiger partial charge in [-0.1, -0.05) is 0 Å². The number of anilines is 1. The molecule has 1 N–H and O–H groups in total. The summed E-state index contributed by atoms with van der Waals surface area (Å²) in [5.74, 6) is 0. The highest BCUT2D eigenvalue weighted by molar-refractivity contribution is 7.92. The van der Waals surface area contributed by atoms with Gasteiger partial charge in [-0.25, -0.2) is 8.42 Å². The molecule has 0 aliphatic rings. The van der Waals surface area contributed by atoms with Crippen LogP contribution in [0.1, 0.15) is 5.56 Å². The minimum Gasteiger partial charge on any atom is -0.284 e. The lowest BCUT2D eigenvalue weighted by Gasteiger charge is -2.04. The van der Waals surface area contributed by atoms with Crippen molar-refractivity contribution in [2.24, 2.45) is 0 Å². The number of aryl methyl sites for hydroxylation is 1. The number of hydrogen-bond acceptors (Lipinski definition) is 4. The molecule has 0 atom stereocenters. The Morgan fingerprint density at radius 1 is 1.40 bits per heavy atom. The van der Waals surface area contributed by atoms with Gasteiger partial charge in [-0.05, 0) is 19.1 Å². The van der Waals surface area contributed by atoms with Crippen LogP contribution in [0, 0.1) is 17.0 Å². The van der Waals surface area contributed by atoms with Crippen LogP contribution in [-0.4, -0.2) is 19.6 Å². The molecule has 0 radical (unpaired) electrons. The zero-order valence-corrected chi connectivity index (χ0v) is 9.04. The second-order valence-corrected chi connectivity index (χ2v) is 4.88. The highest BCUT2D eigenvalue weighted by Crippen LogP contribution is 2.21. The highest BCUT2D eigenvalue weighted by atomic mass is 32.2. The van der Waals surface area contributed by atoms with Crippen molar-refractivity contribution in [2.45, 2.75) is 6.92 Å². The Morgan fingerprint density at radius 2 is 2.00 bits per heavy atom. The molecule has 0 fully saturated rings. The SMILES string of the molecule is Cc1cc(NS(C)(=O)=O)ccc1[N+](=O)[O-]. The van der Waals surface area contributed by atoms with Crippen LogP contribution >= 0.6 is 0 Å². The Bertz CT molecular complexity index is 495. The topological polar surface area (TPSA) is 89.3 Å². The molecule has 82 valence electrons. The van der Waals surface area contributed by atoms with E-state index >= 15 is 0 Å². The smallest absolute Gasteiger partial charge is 0.272 e. The van der Waals surface area contributed by atoms with Gasteiger partial charge >= 0.3 is 0 Å². The average molecular weight is 230 g/mol. The highest BCUT2D eigenvalue weighted by Gasteiger charge is 2.11. The first-order valence-corrected chi connectivity index (χ1v) is 5.91. The number of nitro benzene ring substituents is 1. The summed E-state index contributed by atoms with van der Waals surface area (Å²) in [6.07, 6.45) is 1.02. The second kappa shape index (κ2) is 3.85. The Morgan fingerprint density at radius 3 is 2.40 bits per heavy atom. The second-order valence-electron chi connectivity index (χ2n) is 3.13. The van der Waals surface area contributed by atoms with Crippen molar-refractivity contribution in [3.63, 3.8) is 0 Å². The fourth-order valence-corrected chi connectivity index (χ4v) is 1.69. The predicted molar refractivity (Wildman–Crippen MR) is 56.3 cm³/mol. The van der Waals surface area contributed by atoms with E-state index in [2.05, 4.69) is 4.72 Å². The molecule has 0 unspecified atom stereocenters. The van der Waals surface area contributed by atoms with Crippen LogP contribution in [0.15, 0.2) is 18.2 Å². The number of sulfonamides is 1. The first-order chi connectivity index (χ1) is 6.79. The van der Waals surface area contributed by atoms with E-state index in [-0.39, 0.29) is 5.69 Å². The Labute approximate surface area is 87.1 Å². The fourth-order valence-electron chi connectivity index (χ4n) is 1.14. The van der Waals surface area contributed by atoms with E-state index in [1.165, 1.54) is 18.2 Å².